The summed E-state index contributed by atoms with van der Waals surface area (Å²) in [6.45, 7) is 0.703. The van der Waals surface area contributed by atoms with Gasteiger partial charge in [0.15, 0.2) is 0 Å². The number of aromatic nitrogens is 3. The van der Waals surface area contributed by atoms with Crippen molar-refractivity contribution in [1.29, 1.82) is 0 Å². The first-order chi connectivity index (χ1) is 11.6. The van der Waals surface area contributed by atoms with Gasteiger partial charge < -0.3 is 10.2 Å². The van der Waals surface area contributed by atoms with Gasteiger partial charge in [0, 0.05) is 38.1 Å². The molecule has 0 saturated carbocycles. The van der Waals surface area contributed by atoms with Gasteiger partial charge in [0.25, 0.3) is 5.91 Å². The number of amides is 3. The Hall–Kier alpha value is -3.29. The fourth-order valence-corrected chi connectivity index (χ4v) is 2.18. The van der Waals surface area contributed by atoms with Gasteiger partial charge in [-0.3, -0.25) is 15.1 Å². The van der Waals surface area contributed by atoms with E-state index in [1.54, 1.807) is 18.5 Å². The third-order valence-electron chi connectivity index (χ3n) is 3.45. The summed E-state index contributed by atoms with van der Waals surface area (Å²) in [5, 5.41) is 4.57. The van der Waals surface area contributed by atoms with Crippen molar-refractivity contribution in [2.24, 2.45) is 0 Å². The molecule has 0 aliphatic carbocycles. The summed E-state index contributed by atoms with van der Waals surface area (Å²) in [6.07, 6.45) is 5.66. The summed E-state index contributed by atoms with van der Waals surface area (Å²) in [6, 6.07) is 6.93. The Morgan fingerprint density at radius 3 is 2.71 bits per heavy atom. The minimum atomic E-state index is -0.534. The highest BCUT2D eigenvalue weighted by atomic mass is 16.2. The van der Waals surface area contributed by atoms with Crippen molar-refractivity contribution in [3.63, 3.8) is 0 Å². The Kier molecular flexibility index (Phi) is 4.46. The Morgan fingerprint density at radius 1 is 1.12 bits per heavy atom. The van der Waals surface area contributed by atoms with Gasteiger partial charge in [-0.05, 0) is 24.3 Å². The number of nitrogens with zero attached hydrogens (tertiary/aromatic N) is 4. The molecule has 3 amide bonds. The highest BCUT2D eigenvalue weighted by Crippen LogP contribution is 2.10. The number of imide groups is 1. The van der Waals surface area contributed by atoms with Gasteiger partial charge >= 0.3 is 6.03 Å². The lowest BCUT2D eigenvalue weighted by molar-refractivity contribution is -0.115. The van der Waals surface area contributed by atoms with Crippen molar-refractivity contribution in [2.75, 3.05) is 18.5 Å². The van der Waals surface area contributed by atoms with Crippen molar-refractivity contribution in [2.45, 2.75) is 6.42 Å². The van der Waals surface area contributed by atoms with Gasteiger partial charge in [-0.15, -0.1) is 0 Å². The molecule has 122 valence electrons. The lowest BCUT2D eigenvalue weighted by Crippen LogP contribution is -2.23. The molecule has 1 aliphatic rings. The number of hydrogen-bond acceptors (Lipinski definition) is 6. The second kappa shape index (κ2) is 6.86. The fourth-order valence-electron chi connectivity index (χ4n) is 2.18. The van der Waals surface area contributed by atoms with Crippen LogP contribution in [-0.4, -0.2) is 40.5 Å². The minimum Gasteiger partial charge on any atom is -0.343 e. The third kappa shape index (κ3) is 3.72. The van der Waals surface area contributed by atoms with Crippen LogP contribution in [-0.2, 0) is 11.2 Å². The molecule has 0 bridgehead atoms. The molecule has 3 rings (SSSR count). The number of carbonyl (C=O) groups excluding carboxylic acids is 2. The number of pyridine rings is 1. The van der Waals surface area contributed by atoms with Crippen LogP contribution in [0.5, 0.6) is 0 Å². The molecular weight excluding hydrogens is 308 g/mol. The van der Waals surface area contributed by atoms with Crippen molar-refractivity contribution < 1.29 is 9.59 Å². The maximum absolute atomic E-state index is 11.5. The highest BCUT2D eigenvalue weighted by molar-refractivity contribution is 6.13. The van der Waals surface area contributed by atoms with Crippen LogP contribution in [0.4, 0.5) is 10.7 Å². The molecule has 24 heavy (non-hydrogen) atoms. The molecule has 2 aromatic rings. The normalized spacial score (nSPS) is 15.3. The van der Waals surface area contributed by atoms with E-state index < -0.39 is 11.9 Å². The maximum atomic E-state index is 11.5. The van der Waals surface area contributed by atoms with E-state index in [1.165, 1.54) is 6.08 Å². The molecule has 3 heterocycles. The lowest BCUT2D eigenvalue weighted by atomic mass is 10.2. The van der Waals surface area contributed by atoms with E-state index >= 15 is 0 Å². The molecule has 0 aromatic carbocycles. The first-order valence-corrected chi connectivity index (χ1v) is 7.40. The third-order valence-corrected chi connectivity index (χ3v) is 3.45. The summed E-state index contributed by atoms with van der Waals surface area (Å²) in [5.41, 5.74) is 1.70. The van der Waals surface area contributed by atoms with Crippen LogP contribution in [0.25, 0.3) is 6.08 Å². The van der Waals surface area contributed by atoms with Crippen LogP contribution in [0.1, 0.15) is 11.4 Å². The molecular formula is C16H16N6O2. The molecule has 1 aliphatic heterocycles. The van der Waals surface area contributed by atoms with Crippen LogP contribution in [0.2, 0.25) is 0 Å². The number of urea groups is 1. The Morgan fingerprint density at radius 2 is 2.00 bits per heavy atom. The number of carbonyl (C=O) groups is 2. The van der Waals surface area contributed by atoms with Crippen molar-refractivity contribution in [1.82, 2.24) is 25.6 Å². The molecule has 8 heteroatoms. The number of likely N-dealkylation sites (N-methyl/N-ethyl adjacent to an activating group) is 1. The van der Waals surface area contributed by atoms with Crippen LogP contribution in [0.15, 0.2) is 42.4 Å². The molecule has 1 saturated heterocycles. The maximum Gasteiger partial charge on any atom is 0.326 e. The molecule has 1 fully saturated rings. The summed E-state index contributed by atoms with van der Waals surface area (Å²) in [7, 11) is 1.89. The average Bonchev–Trinajstić information content (AvgIpc) is 2.91. The molecule has 0 atom stereocenters. The zero-order valence-corrected chi connectivity index (χ0v) is 13.1. The highest BCUT2D eigenvalue weighted by Gasteiger charge is 2.23. The summed E-state index contributed by atoms with van der Waals surface area (Å²) >= 11 is 0. The van der Waals surface area contributed by atoms with E-state index in [-0.39, 0.29) is 5.70 Å². The smallest absolute Gasteiger partial charge is 0.326 e. The molecule has 2 aromatic heterocycles. The average molecular weight is 324 g/mol. The zero-order valence-electron chi connectivity index (χ0n) is 13.1. The van der Waals surface area contributed by atoms with Crippen molar-refractivity contribution in [3.05, 3.63) is 53.7 Å². The van der Waals surface area contributed by atoms with Crippen LogP contribution < -0.4 is 15.5 Å². The quantitative estimate of drug-likeness (QED) is 0.621. The van der Waals surface area contributed by atoms with Crippen LogP contribution in [0, 0.1) is 0 Å². The first-order valence-electron chi connectivity index (χ1n) is 7.40. The SMILES string of the molecule is CN(CCc1ccccn1)c1nccc(C=C2NC(=O)NC2=O)n1. The van der Waals surface area contributed by atoms with Gasteiger partial charge in [0.2, 0.25) is 5.95 Å². The summed E-state index contributed by atoms with van der Waals surface area (Å²) in [5.74, 6) is 0.0636. The molecule has 2 N–H and O–H groups in total. The molecule has 0 unspecified atom stereocenters. The second-order valence-electron chi connectivity index (χ2n) is 5.24. The van der Waals surface area contributed by atoms with Gasteiger partial charge in [0.1, 0.15) is 5.70 Å². The number of anilines is 1. The Bertz CT molecular complexity index is 790. The number of hydrogen-bond donors (Lipinski definition) is 2. The predicted molar refractivity (Wildman–Crippen MR) is 87.9 cm³/mol. The summed E-state index contributed by atoms with van der Waals surface area (Å²) in [4.78, 5) is 37.5. The van der Waals surface area contributed by atoms with Gasteiger partial charge in [0.05, 0.1) is 5.69 Å². The molecule has 0 spiro atoms. The van der Waals surface area contributed by atoms with Crippen LogP contribution >= 0.6 is 0 Å². The summed E-state index contributed by atoms with van der Waals surface area (Å²) < 4.78 is 0. The minimum absolute atomic E-state index is 0.167. The fraction of sp³-hybridized carbons (Fsp3) is 0.188. The standard InChI is InChI=1S/C16H16N6O2/c1-22(9-6-11-4-2-3-7-17-11)15-18-8-5-12(19-15)10-13-14(23)21-16(24)20-13/h2-5,7-8,10H,6,9H2,1H3,(H2,20,21,23,24). The van der Waals surface area contributed by atoms with Crippen molar-refractivity contribution >= 4 is 24.0 Å². The van der Waals surface area contributed by atoms with E-state index in [2.05, 4.69) is 25.6 Å². The van der Waals surface area contributed by atoms with E-state index in [9.17, 15) is 9.59 Å². The topological polar surface area (TPSA) is 100 Å². The van der Waals surface area contributed by atoms with E-state index in [1.807, 2.05) is 30.1 Å². The Balaban J connectivity index is 1.69. The van der Waals surface area contributed by atoms with E-state index in [0.717, 1.165) is 12.1 Å². The monoisotopic (exact) mass is 324 g/mol. The zero-order chi connectivity index (χ0) is 16.9. The Labute approximate surface area is 138 Å². The van der Waals surface area contributed by atoms with Gasteiger partial charge in [-0.1, -0.05) is 6.07 Å². The lowest BCUT2D eigenvalue weighted by Gasteiger charge is -2.16. The van der Waals surface area contributed by atoms with Crippen LogP contribution in [0.3, 0.4) is 0 Å². The van der Waals surface area contributed by atoms with Gasteiger partial charge in [-0.2, -0.15) is 0 Å². The predicted octanol–water partition coefficient (Wildman–Crippen LogP) is 0.731. The van der Waals surface area contributed by atoms with E-state index in [0.29, 0.717) is 18.2 Å². The largest absolute Gasteiger partial charge is 0.343 e. The second-order valence-corrected chi connectivity index (χ2v) is 5.24. The number of nitrogens with one attached hydrogen (secondary N) is 2. The number of rotatable bonds is 5. The first kappa shape index (κ1) is 15.6. The van der Waals surface area contributed by atoms with Crippen molar-refractivity contribution in [3.8, 4) is 0 Å². The molecule has 8 nitrogen and oxygen atoms in total. The van der Waals surface area contributed by atoms with Gasteiger partial charge in [-0.25, -0.2) is 14.8 Å². The molecule has 0 radical (unpaired) electrons. The van der Waals surface area contributed by atoms with E-state index in [4.69, 9.17) is 0 Å².